The Hall–Kier alpha value is -2.93. The standard InChI is InChI=1S/C18H15BrN4O2/c1-12(24)21-15-8-6-13(7-9-15)18(25)22-16-4-2-3-5-17(16)23-11-14(19)10-20-23/h2-11H,1H3,(H,21,24)(H,22,25). The van der Waals surface area contributed by atoms with Gasteiger partial charge >= 0.3 is 0 Å². The molecule has 0 unspecified atom stereocenters. The monoisotopic (exact) mass is 398 g/mol. The van der Waals surface area contributed by atoms with E-state index < -0.39 is 0 Å². The molecule has 0 saturated carbocycles. The zero-order valence-electron chi connectivity index (χ0n) is 13.4. The van der Waals surface area contributed by atoms with Crippen molar-refractivity contribution < 1.29 is 9.59 Å². The van der Waals surface area contributed by atoms with Crippen molar-refractivity contribution >= 4 is 39.1 Å². The van der Waals surface area contributed by atoms with E-state index in [1.54, 1.807) is 35.1 Å². The summed E-state index contributed by atoms with van der Waals surface area (Å²) in [6, 6.07) is 14.1. The summed E-state index contributed by atoms with van der Waals surface area (Å²) < 4.78 is 2.53. The molecule has 3 aromatic rings. The number of benzene rings is 2. The van der Waals surface area contributed by atoms with Gasteiger partial charge in [0.25, 0.3) is 5.91 Å². The number of rotatable bonds is 4. The molecule has 3 rings (SSSR count). The number of hydrogen-bond acceptors (Lipinski definition) is 3. The summed E-state index contributed by atoms with van der Waals surface area (Å²) >= 11 is 3.36. The molecule has 25 heavy (non-hydrogen) atoms. The lowest BCUT2D eigenvalue weighted by Crippen LogP contribution is -2.14. The number of carbonyl (C=O) groups is 2. The van der Waals surface area contributed by atoms with Gasteiger partial charge in [0.15, 0.2) is 0 Å². The SMILES string of the molecule is CC(=O)Nc1ccc(C(=O)Nc2ccccc2-n2cc(Br)cn2)cc1. The molecule has 0 fully saturated rings. The Morgan fingerprint density at radius 2 is 1.76 bits per heavy atom. The van der Waals surface area contributed by atoms with Crippen molar-refractivity contribution in [3.63, 3.8) is 0 Å². The van der Waals surface area contributed by atoms with Crippen molar-refractivity contribution in [1.29, 1.82) is 0 Å². The van der Waals surface area contributed by atoms with Crippen molar-refractivity contribution in [3.05, 3.63) is 71.0 Å². The third kappa shape index (κ3) is 4.13. The lowest BCUT2D eigenvalue weighted by atomic mass is 10.2. The smallest absolute Gasteiger partial charge is 0.255 e. The van der Waals surface area contributed by atoms with Crippen LogP contribution < -0.4 is 10.6 Å². The summed E-state index contributed by atoms with van der Waals surface area (Å²) in [5.74, 6) is -0.399. The van der Waals surface area contributed by atoms with Crippen molar-refractivity contribution in [2.45, 2.75) is 6.92 Å². The highest BCUT2D eigenvalue weighted by Gasteiger charge is 2.11. The van der Waals surface area contributed by atoms with Crippen LogP contribution in [-0.2, 0) is 4.79 Å². The highest BCUT2D eigenvalue weighted by atomic mass is 79.9. The van der Waals surface area contributed by atoms with Gasteiger partial charge in [-0.2, -0.15) is 5.10 Å². The average Bonchev–Trinajstić information content (AvgIpc) is 3.02. The molecule has 7 heteroatoms. The summed E-state index contributed by atoms with van der Waals surface area (Å²) in [5, 5.41) is 9.80. The van der Waals surface area contributed by atoms with Crippen LogP contribution in [0.4, 0.5) is 11.4 Å². The maximum atomic E-state index is 12.5. The summed E-state index contributed by atoms with van der Waals surface area (Å²) in [6.45, 7) is 1.44. The number of amides is 2. The number of aromatic nitrogens is 2. The van der Waals surface area contributed by atoms with Crippen LogP contribution >= 0.6 is 15.9 Å². The highest BCUT2D eigenvalue weighted by molar-refractivity contribution is 9.10. The lowest BCUT2D eigenvalue weighted by molar-refractivity contribution is -0.114. The first-order valence-corrected chi connectivity index (χ1v) is 8.31. The van der Waals surface area contributed by atoms with Crippen molar-refractivity contribution in [3.8, 4) is 5.69 Å². The second kappa shape index (κ2) is 7.31. The molecule has 0 radical (unpaired) electrons. The number of halogens is 1. The van der Waals surface area contributed by atoms with Crippen LogP contribution in [0.2, 0.25) is 0 Å². The molecule has 2 amide bonds. The predicted octanol–water partition coefficient (Wildman–Crippen LogP) is 3.85. The van der Waals surface area contributed by atoms with E-state index in [0.717, 1.165) is 10.2 Å². The molecule has 0 aliphatic heterocycles. The second-order valence-corrected chi connectivity index (χ2v) is 6.25. The number of anilines is 2. The molecule has 126 valence electrons. The maximum Gasteiger partial charge on any atom is 0.255 e. The zero-order valence-corrected chi connectivity index (χ0v) is 14.9. The van der Waals surface area contributed by atoms with E-state index in [0.29, 0.717) is 16.9 Å². The van der Waals surface area contributed by atoms with Gasteiger partial charge < -0.3 is 10.6 Å². The van der Waals surface area contributed by atoms with Gasteiger partial charge in [0.1, 0.15) is 0 Å². The van der Waals surface area contributed by atoms with Crippen LogP contribution in [0.25, 0.3) is 5.69 Å². The molecule has 0 aliphatic rings. The van der Waals surface area contributed by atoms with E-state index in [4.69, 9.17) is 0 Å². The van der Waals surface area contributed by atoms with Crippen LogP contribution in [-0.4, -0.2) is 21.6 Å². The molecular formula is C18H15BrN4O2. The van der Waals surface area contributed by atoms with Crippen LogP contribution in [0.1, 0.15) is 17.3 Å². The first-order valence-electron chi connectivity index (χ1n) is 7.51. The fourth-order valence-electron chi connectivity index (χ4n) is 2.31. The fraction of sp³-hybridized carbons (Fsp3) is 0.0556. The molecule has 2 N–H and O–H groups in total. The number of para-hydroxylation sites is 2. The Kier molecular flexibility index (Phi) is 4.95. The van der Waals surface area contributed by atoms with Gasteiger partial charge in [0, 0.05) is 24.4 Å². The average molecular weight is 399 g/mol. The highest BCUT2D eigenvalue weighted by Crippen LogP contribution is 2.22. The Morgan fingerprint density at radius 1 is 1.04 bits per heavy atom. The van der Waals surface area contributed by atoms with E-state index in [9.17, 15) is 9.59 Å². The minimum absolute atomic E-state index is 0.156. The van der Waals surface area contributed by atoms with Crippen molar-refractivity contribution in [2.75, 3.05) is 10.6 Å². The van der Waals surface area contributed by atoms with Crippen LogP contribution in [0, 0.1) is 0 Å². The molecule has 2 aromatic carbocycles. The van der Waals surface area contributed by atoms with E-state index in [2.05, 4.69) is 31.7 Å². The van der Waals surface area contributed by atoms with Gasteiger partial charge in [0.05, 0.1) is 22.0 Å². The quantitative estimate of drug-likeness (QED) is 0.700. The number of nitrogens with one attached hydrogen (secondary N) is 2. The fourth-order valence-corrected chi connectivity index (χ4v) is 2.60. The second-order valence-electron chi connectivity index (χ2n) is 5.33. The van der Waals surface area contributed by atoms with E-state index in [1.807, 2.05) is 30.5 Å². The van der Waals surface area contributed by atoms with Crippen molar-refractivity contribution in [1.82, 2.24) is 9.78 Å². The van der Waals surface area contributed by atoms with E-state index >= 15 is 0 Å². The summed E-state index contributed by atoms with van der Waals surface area (Å²) in [7, 11) is 0. The zero-order chi connectivity index (χ0) is 17.8. The van der Waals surface area contributed by atoms with Gasteiger partial charge in [-0.1, -0.05) is 12.1 Å². The minimum atomic E-state index is -0.243. The van der Waals surface area contributed by atoms with Gasteiger partial charge in [-0.05, 0) is 52.3 Å². The molecular weight excluding hydrogens is 384 g/mol. The normalized spacial score (nSPS) is 10.3. The van der Waals surface area contributed by atoms with Crippen LogP contribution in [0.15, 0.2) is 65.4 Å². The molecule has 0 aliphatic carbocycles. The lowest BCUT2D eigenvalue weighted by Gasteiger charge is -2.11. The minimum Gasteiger partial charge on any atom is -0.326 e. The Labute approximate surface area is 153 Å². The van der Waals surface area contributed by atoms with E-state index in [-0.39, 0.29) is 11.8 Å². The molecule has 6 nitrogen and oxygen atoms in total. The maximum absolute atomic E-state index is 12.5. The number of hydrogen-bond donors (Lipinski definition) is 2. The molecule has 0 bridgehead atoms. The Bertz CT molecular complexity index is 919. The molecule has 0 spiro atoms. The number of carbonyl (C=O) groups excluding carboxylic acids is 2. The van der Waals surface area contributed by atoms with Gasteiger partial charge in [0.2, 0.25) is 5.91 Å². The predicted molar refractivity (Wildman–Crippen MR) is 100.0 cm³/mol. The van der Waals surface area contributed by atoms with E-state index in [1.165, 1.54) is 6.92 Å². The molecule has 0 atom stereocenters. The Balaban J connectivity index is 1.81. The van der Waals surface area contributed by atoms with Gasteiger partial charge in [-0.3, -0.25) is 9.59 Å². The third-order valence-corrected chi connectivity index (χ3v) is 3.83. The largest absolute Gasteiger partial charge is 0.326 e. The molecule has 1 aromatic heterocycles. The topological polar surface area (TPSA) is 76.0 Å². The molecule has 1 heterocycles. The first-order chi connectivity index (χ1) is 12.0. The van der Waals surface area contributed by atoms with Crippen LogP contribution in [0.3, 0.4) is 0 Å². The van der Waals surface area contributed by atoms with Gasteiger partial charge in [-0.25, -0.2) is 4.68 Å². The Morgan fingerprint density at radius 3 is 2.40 bits per heavy atom. The third-order valence-electron chi connectivity index (χ3n) is 3.42. The first kappa shape index (κ1) is 16.9. The summed E-state index contributed by atoms with van der Waals surface area (Å²) in [6.07, 6.45) is 3.49. The summed E-state index contributed by atoms with van der Waals surface area (Å²) in [5.41, 5.74) is 2.54. The molecule has 0 saturated heterocycles. The van der Waals surface area contributed by atoms with Crippen molar-refractivity contribution in [2.24, 2.45) is 0 Å². The summed E-state index contributed by atoms with van der Waals surface area (Å²) in [4.78, 5) is 23.5. The van der Waals surface area contributed by atoms with Gasteiger partial charge in [-0.15, -0.1) is 0 Å². The van der Waals surface area contributed by atoms with Crippen LogP contribution in [0.5, 0.6) is 0 Å². The number of nitrogens with zero attached hydrogens (tertiary/aromatic N) is 2.